The van der Waals surface area contributed by atoms with Crippen molar-refractivity contribution in [1.29, 1.82) is 0 Å². The number of hydrogen-bond donors (Lipinski definition) is 1. The van der Waals surface area contributed by atoms with Gasteiger partial charge >= 0.3 is 0 Å². The van der Waals surface area contributed by atoms with E-state index in [-0.39, 0.29) is 5.91 Å². The minimum Gasteiger partial charge on any atom is -0.334 e. The van der Waals surface area contributed by atoms with E-state index in [0.29, 0.717) is 18.1 Å². The minimum atomic E-state index is 0.276. The second kappa shape index (κ2) is 6.66. The Morgan fingerprint density at radius 3 is 2.57 bits per heavy atom. The predicted molar refractivity (Wildman–Crippen MR) is 85.2 cm³/mol. The van der Waals surface area contributed by atoms with Gasteiger partial charge in [-0.1, -0.05) is 12.8 Å². The summed E-state index contributed by atoms with van der Waals surface area (Å²) in [7, 11) is 0. The van der Waals surface area contributed by atoms with Crippen LogP contribution in [0, 0.1) is 5.92 Å². The first-order chi connectivity index (χ1) is 10.2. The summed E-state index contributed by atoms with van der Waals surface area (Å²) in [5, 5.41) is 3.54. The molecule has 4 nitrogen and oxygen atoms in total. The maximum Gasteiger partial charge on any atom is 0.220 e. The number of fused-ring (bicyclic) bond motifs is 1. The molecule has 1 saturated carbocycles. The van der Waals surface area contributed by atoms with Crippen LogP contribution in [-0.4, -0.2) is 60.0 Å². The van der Waals surface area contributed by atoms with Gasteiger partial charge in [-0.2, -0.15) is 0 Å². The standard InChI is InChI=1S/C17H31N3O/c1-13-11-19(12-15-6-5-9-18-10-15)16-7-3-4-8-17(16)20(13)14(2)21/h13,15-18H,3-12H2,1-2H3/t13-,15?,16?,17?/m0/s1. The third-order valence-corrected chi connectivity index (χ3v) is 5.75. The van der Waals surface area contributed by atoms with Gasteiger partial charge in [0.25, 0.3) is 0 Å². The number of nitrogens with one attached hydrogen (secondary N) is 1. The van der Waals surface area contributed by atoms with E-state index < -0.39 is 0 Å². The molecule has 3 fully saturated rings. The van der Waals surface area contributed by atoms with Gasteiger partial charge in [0.15, 0.2) is 0 Å². The first kappa shape index (κ1) is 15.3. The van der Waals surface area contributed by atoms with Gasteiger partial charge in [0.1, 0.15) is 0 Å². The van der Waals surface area contributed by atoms with E-state index in [1.54, 1.807) is 6.92 Å². The van der Waals surface area contributed by atoms with Gasteiger partial charge in [0.05, 0.1) is 0 Å². The molecule has 0 radical (unpaired) electrons. The van der Waals surface area contributed by atoms with Gasteiger partial charge in [-0.3, -0.25) is 9.69 Å². The van der Waals surface area contributed by atoms with Crippen LogP contribution in [0.4, 0.5) is 0 Å². The Hall–Kier alpha value is -0.610. The Bertz CT molecular complexity index is 367. The summed E-state index contributed by atoms with van der Waals surface area (Å²) in [6.07, 6.45) is 7.79. The van der Waals surface area contributed by atoms with Crippen LogP contribution in [0.1, 0.15) is 52.4 Å². The second-order valence-electron chi connectivity index (χ2n) is 7.36. The van der Waals surface area contributed by atoms with Crippen LogP contribution < -0.4 is 5.32 Å². The van der Waals surface area contributed by atoms with Crippen LogP contribution in [0.5, 0.6) is 0 Å². The third-order valence-electron chi connectivity index (χ3n) is 5.75. The quantitative estimate of drug-likeness (QED) is 0.844. The SMILES string of the molecule is CC(=O)N1C2CCCCC2N(CC2CCCNC2)C[C@@H]1C. The number of hydrogen-bond acceptors (Lipinski definition) is 3. The first-order valence-electron chi connectivity index (χ1n) is 8.90. The van der Waals surface area contributed by atoms with Crippen LogP contribution in [0.2, 0.25) is 0 Å². The monoisotopic (exact) mass is 293 g/mol. The highest BCUT2D eigenvalue weighted by Gasteiger charge is 2.42. The average molecular weight is 293 g/mol. The van der Waals surface area contributed by atoms with Crippen molar-refractivity contribution in [1.82, 2.24) is 15.1 Å². The Morgan fingerprint density at radius 1 is 1.14 bits per heavy atom. The smallest absolute Gasteiger partial charge is 0.220 e. The molecule has 1 amide bonds. The van der Waals surface area contributed by atoms with E-state index in [9.17, 15) is 4.79 Å². The van der Waals surface area contributed by atoms with Crippen molar-refractivity contribution in [2.75, 3.05) is 26.2 Å². The molecular formula is C17H31N3O. The molecule has 4 heteroatoms. The molecule has 0 aromatic rings. The highest BCUT2D eigenvalue weighted by atomic mass is 16.2. The van der Waals surface area contributed by atoms with E-state index in [1.165, 1.54) is 58.2 Å². The molecule has 2 aliphatic heterocycles. The van der Waals surface area contributed by atoms with E-state index in [4.69, 9.17) is 0 Å². The zero-order valence-corrected chi connectivity index (χ0v) is 13.7. The summed E-state index contributed by atoms with van der Waals surface area (Å²) in [6, 6.07) is 1.45. The van der Waals surface area contributed by atoms with Crippen molar-refractivity contribution in [3.8, 4) is 0 Å². The van der Waals surface area contributed by atoms with Crippen molar-refractivity contribution in [3.05, 3.63) is 0 Å². The van der Waals surface area contributed by atoms with Gasteiger partial charge in [-0.15, -0.1) is 0 Å². The van der Waals surface area contributed by atoms with Crippen LogP contribution in [0.15, 0.2) is 0 Å². The fourth-order valence-corrected chi connectivity index (χ4v) is 4.90. The second-order valence-corrected chi connectivity index (χ2v) is 7.36. The number of carbonyl (C=O) groups is 1. The molecule has 21 heavy (non-hydrogen) atoms. The Morgan fingerprint density at radius 2 is 1.90 bits per heavy atom. The lowest BCUT2D eigenvalue weighted by Gasteiger charge is -2.53. The highest BCUT2D eigenvalue weighted by molar-refractivity contribution is 5.74. The Labute approximate surface area is 129 Å². The summed E-state index contributed by atoms with van der Waals surface area (Å²) in [6.45, 7) is 8.65. The lowest BCUT2D eigenvalue weighted by atomic mass is 9.83. The normalized spacial score (nSPS) is 38.1. The van der Waals surface area contributed by atoms with Crippen LogP contribution >= 0.6 is 0 Å². The molecule has 2 saturated heterocycles. The molecule has 1 N–H and O–H groups in total. The summed E-state index contributed by atoms with van der Waals surface area (Å²) >= 11 is 0. The van der Waals surface area contributed by atoms with Crippen molar-refractivity contribution < 1.29 is 4.79 Å². The highest BCUT2D eigenvalue weighted by Crippen LogP contribution is 2.33. The number of amides is 1. The molecule has 2 heterocycles. The first-order valence-corrected chi connectivity index (χ1v) is 8.90. The molecular weight excluding hydrogens is 262 g/mol. The van der Waals surface area contributed by atoms with E-state index in [2.05, 4.69) is 22.0 Å². The summed E-state index contributed by atoms with van der Waals surface area (Å²) < 4.78 is 0. The average Bonchev–Trinajstić information content (AvgIpc) is 2.48. The maximum atomic E-state index is 12.1. The third kappa shape index (κ3) is 3.26. The largest absolute Gasteiger partial charge is 0.334 e. The van der Waals surface area contributed by atoms with E-state index in [1.807, 2.05) is 0 Å². The van der Waals surface area contributed by atoms with Crippen LogP contribution in [-0.2, 0) is 4.79 Å². The van der Waals surface area contributed by atoms with Crippen molar-refractivity contribution >= 4 is 5.91 Å². The molecule has 3 rings (SSSR count). The fourth-order valence-electron chi connectivity index (χ4n) is 4.90. The van der Waals surface area contributed by atoms with Gasteiger partial charge in [-0.25, -0.2) is 0 Å². The summed E-state index contributed by atoms with van der Waals surface area (Å²) in [4.78, 5) is 17.0. The number of piperidine rings is 1. The molecule has 1 aliphatic carbocycles. The molecule has 3 unspecified atom stereocenters. The van der Waals surface area contributed by atoms with Crippen molar-refractivity contribution in [2.45, 2.75) is 70.5 Å². The van der Waals surface area contributed by atoms with Crippen LogP contribution in [0.3, 0.4) is 0 Å². The molecule has 0 aromatic heterocycles. The van der Waals surface area contributed by atoms with Crippen molar-refractivity contribution in [2.24, 2.45) is 5.92 Å². The topological polar surface area (TPSA) is 35.6 Å². The molecule has 0 aromatic carbocycles. The number of nitrogens with zero attached hydrogens (tertiary/aromatic N) is 2. The Kier molecular flexibility index (Phi) is 4.85. The molecule has 120 valence electrons. The molecule has 4 atom stereocenters. The van der Waals surface area contributed by atoms with E-state index >= 15 is 0 Å². The van der Waals surface area contributed by atoms with Crippen LogP contribution in [0.25, 0.3) is 0 Å². The summed E-state index contributed by atoms with van der Waals surface area (Å²) in [5.41, 5.74) is 0. The van der Waals surface area contributed by atoms with E-state index in [0.717, 1.165) is 12.5 Å². The molecule has 3 aliphatic rings. The number of piperazine rings is 1. The van der Waals surface area contributed by atoms with Gasteiger partial charge in [0, 0.05) is 38.1 Å². The zero-order chi connectivity index (χ0) is 14.8. The lowest BCUT2D eigenvalue weighted by molar-refractivity contribution is -0.142. The predicted octanol–water partition coefficient (Wildman–Crippen LogP) is 1.85. The maximum absolute atomic E-state index is 12.1. The number of rotatable bonds is 2. The minimum absolute atomic E-state index is 0.276. The molecule has 0 bridgehead atoms. The fraction of sp³-hybridized carbons (Fsp3) is 0.941. The lowest BCUT2D eigenvalue weighted by Crippen LogP contribution is -2.65. The van der Waals surface area contributed by atoms with Gasteiger partial charge in [0.2, 0.25) is 5.91 Å². The Balaban J connectivity index is 1.70. The summed E-state index contributed by atoms with van der Waals surface area (Å²) in [5.74, 6) is 1.08. The van der Waals surface area contributed by atoms with Gasteiger partial charge in [-0.05, 0) is 51.6 Å². The van der Waals surface area contributed by atoms with Crippen molar-refractivity contribution in [3.63, 3.8) is 0 Å². The van der Waals surface area contributed by atoms with Gasteiger partial charge < -0.3 is 10.2 Å². The molecule has 0 spiro atoms. The number of carbonyl (C=O) groups excluding carboxylic acids is 1. The zero-order valence-electron chi connectivity index (χ0n) is 13.7.